The predicted octanol–water partition coefficient (Wildman–Crippen LogP) is 1.99. The fourth-order valence-electron chi connectivity index (χ4n) is 1.16. The summed E-state index contributed by atoms with van der Waals surface area (Å²) in [6, 6.07) is 1.57. The monoisotopic (exact) mass is 181 g/mol. The van der Waals surface area contributed by atoms with Gasteiger partial charge in [-0.1, -0.05) is 12.1 Å². The number of aldehydes is 1. The molecule has 1 N–H and O–H groups in total. The summed E-state index contributed by atoms with van der Waals surface area (Å²) in [7, 11) is 0. The number of oxime groups is 1. The van der Waals surface area contributed by atoms with Gasteiger partial charge in [-0.25, -0.2) is 0 Å². The van der Waals surface area contributed by atoms with Crippen molar-refractivity contribution in [1.29, 1.82) is 0 Å². The van der Waals surface area contributed by atoms with E-state index in [1.165, 1.54) is 0 Å². The largest absolute Gasteiger partial charge is 0.458 e. The first-order valence-corrected chi connectivity index (χ1v) is 3.99. The number of hydrogen-bond acceptors (Lipinski definition) is 4. The number of aryl methyl sites for hydroxylation is 1. The third-order valence-corrected chi connectivity index (χ3v) is 1.82. The van der Waals surface area contributed by atoms with E-state index in [1.807, 2.05) is 6.92 Å². The molecule has 0 spiro atoms. The SMILES string of the molecule is CC/C(=N/O)c1cc(C=O)oc1C. The van der Waals surface area contributed by atoms with Gasteiger partial charge in [0.1, 0.15) is 5.76 Å². The van der Waals surface area contributed by atoms with Crippen LogP contribution in [0.3, 0.4) is 0 Å². The second-order valence-corrected chi connectivity index (χ2v) is 2.64. The van der Waals surface area contributed by atoms with Crippen molar-refractivity contribution in [2.75, 3.05) is 0 Å². The number of nitrogens with zero attached hydrogens (tertiary/aromatic N) is 1. The Morgan fingerprint density at radius 3 is 2.85 bits per heavy atom. The normalized spacial score (nSPS) is 11.7. The predicted molar refractivity (Wildman–Crippen MR) is 47.4 cm³/mol. The first-order valence-electron chi connectivity index (χ1n) is 3.99. The van der Waals surface area contributed by atoms with Crippen molar-refractivity contribution in [3.63, 3.8) is 0 Å². The quantitative estimate of drug-likeness (QED) is 0.335. The van der Waals surface area contributed by atoms with Gasteiger partial charge >= 0.3 is 0 Å². The van der Waals surface area contributed by atoms with Crippen molar-refractivity contribution in [2.24, 2.45) is 5.16 Å². The van der Waals surface area contributed by atoms with Crippen LogP contribution in [0, 0.1) is 6.92 Å². The van der Waals surface area contributed by atoms with E-state index >= 15 is 0 Å². The Morgan fingerprint density at radius 1 is 1.77 bits per heavy atom. The lowest BCUT2D eigenvalue weighted by Gasteiger charge is -1.96. The molecule has 0 amide bonds. The fraction of sp³-hybridized carbons (Fsp3) is 0.333. The van der Waals surface area contributed by atoms with Gasteiger partial charge in [0.25, 0.3) is 0 Å². The summed E-state index contributed by atoms with van der Waals surface area (Å²) in [4.78, 5) is 10.4. The average Bonchev–Trinajstić information content (AvgIpc) is 2.50. The molecule has 0 aliphatic heterocycles. The van der Waals surface area contributed by atoms with E-state index in [-0.39, 0.29) is 5.76 Å². The Balaban J connectivity index is 3.13. The molecule has 1 aromatic rings. The lowest BCUT2D eigenvalue weighted by Crippen LogP contribution is -1.98. The zero-order valence-corrected chi connectivity index (χ0v) is 7.57. The van der Waals surface area contributed by atoms with Gasteiger partial charge in [0.2, 0.25) is 0 Å². The molecule has 0 fully saturated rings. The highest BCUT2D eigenvalue weighted by atomic mass is 16.4. The topological polar surface area (TPSA) is 62.8 Å². The maximum atomic E-state index is 10.4. The molecular weight excluding hydrogens is 170 g/mol. The van der Waals surface area contributed by atoms with Crippen LogP contribution in [0.4, 0.5) is 0 Å². The van der Waals surface area contributed by atoms with Crippen LogP contribution >= 0.6 is 0 Å². The van der Waals surface area contributed by atoms with E-state index in [0.29, 0.717) is 29.7 Å². The van der Waals surface area contributed by atoms with Crippen LogP contribution < -0.4 is 0 Å². The molecule has 0 bridgehead atoms. The van der Waals surface area contributed by atoms with Crippen molar-refractivity contribution < 1.29 is 14.4 Å². The maximum Gasteiger partial charge on any atom is 0.185 e. The zero-order chi connectivity index (χ0) is 9.84. The van der Waals surface area contributed by atoms with Crippen LogP contribution in [-0.4, -0.2) is 17.2 Å². The summed E-state index contributed by atoms with van der Waals surface area (Å²) in [6.07, 6.45) is 1.22. The Labute approximate surface area is 75.9 Å². The minimum Gasteiger partial charge on any atom is -0.458 e. The minimum absolute atomic E-state index is 0.252. The molecule has 0 saturated carbocycles. The molecule has 0 unspecified atom stereocenters. The maximum absolute atomic E-state index is 10.4. The van der Waals surface area contributed by atoms with Gasteiger partial charge in [0, 0.05) is 5.56 Å². The molecule has 0 aliphatic rings. The van der Waals surface area contributed by atoms with E-state index in [0.717, 1.165) is 0 Å². The second kappa shape index (κ2) is 3.89. The van der Waals surface area contributed by atoms with E-state index in [4.69, 9.17) is 9.62 Å². The number of hydrogen-bond donors (Lipinski definition) is 1. The van der Waals surface area contributed by atoms with Crippen molar-refractivity contribution in [2.45, 2.75) is 20.3 Å². The van der Waals surface area contributed by atoms with Crippen LogP contribution in [0.15, 0.2) is 15.6 Å². The van der Waals surface area contributed by atoms with Crippen LogP contribution in [0.5, 0.6) is 0 Å². The fourth-order valence-corrected chi connectivity index (χ4v) is 1.16. The standard InChI is InChI=1S/C9H11NO3/c1-3-9(10-12)8-4-7(5-11)13-6(8)2/h4-5,12H,3H2,1-2H3/b10-9-. The zero-order valence-electron chi connectivity index (χ0n) is 7.57. The smallest absolute Gasteiger partial charge is 0.185 e. The van der Waals surface area contributed by atoms with Crippen LogP contribution in [0.25, 0.3) is 0 Å². The van der Waals surface area contributed by atoms with Gasteiger partial charge in [-0.15, -0.1) is 0 Å². The van der Waals surface area contributed by atoms with Gasteiger partial charge in [-0.2, -0.15) is 0 Å². The molecule has 1 rings (SSSR count). The Bertz CT molecular complexity index is 339. The molecule has 4 heteroatoms. The van der Waals surface area contributed by atoms with Crippen molar-refractivity contribution in [1.82, 2.24) is 0 Å². The number of carbonyl (C=O) groups excluding carboxylic acids is 1. The van der Waals surface area contributed by atoms with Gasteiger partial charge < -0.3 is 9.62 Å². The first kappa shape index (κ1) is 9.51. The van der Waals surface area contributed by atoms with Crippen molar-refractivity contribution in [3.8, 4) is 0 Å². The third kappa shape index (κ3) is 1.77. The molecule has 70 valence electrons. The van der Waals surface area contributed by atoms with E-state index in [2.05, 4.69) is 5.16 Å². The summed E-state index contributed by atoms with van der Waals surface area (Å²) in [6.45, 7) is 3.59. The lowest BCUT2D eigenvalue weighted by molar-refractivity contribution is 0.109. The molecule has 1 heterocycles. The molecule has 0 radical (unpaired) electrons. The molecule has 0 aliphatic carbocycles. The Hall–Kier alpha value is -1.58. The van der Waals surface area contributed by atoms with Gasteiger partial charge in [0.15, 0.2) is 12.0 Å². The van der Waals surface area contributed by atoms with Crippen LogP contribution in [-0.2, 0) is 0 Å². The van der Waals surface area contributed by atoms with Gasteiger partial charge in [-0.3, -0.25) is 4.79 Å². The van der Waals surface area contributed by atoms with E-state index in [9.17, 15) is 4.79 Å². The first-order chi connectivity index (χ1) is 6.22. The molecule has 0 atom stereocenters. The Morgan fingerprint density at radius 2 is 2.46 bits per heavy atom. The molecule has 0 saturated heterocycles. The summed E-state index contributed by atoms with van der Waals surface area (Å²) in [5.41, 5.74) is 1.21. The third-order valence-electron chi connectivity index (χ3n) is 1.82. The van der Waals surface area contributed by atoms with E-state index in [1.54, 1.807) is 13.0 Å². The molecular formula is C9H11NO3. The molecule has 4 nitrogen and oxygen atoms in total. The average molecular weight is 181 g/mol. The van der Waals surface area contributed by atoms with Gasteiger partial charge in [0.05, 0.1) is 5.71 Å². The van der Waals surface area contributed by atoms with Crippen molar-refractivity contribution in [3.05, 3.63) is 23.2 Å². The number of furan rings is 1. The summed E-state index contributed by atoms with van der Waals surface area (Å²) < 4.78 is 5.09. The van der Waals surface area contributed by atoms with Gasteiger partial charge in [-0.05, 0) is 19.4 Å². The summed E-state index contributed by atoms with van der Waals surface area (Å²) in [5.74, 6) is 0.846. The van der Waals surface area contributed by atoms with Crippen molar-refractivity contribution >= 4 is 12.0 Å². The van der Waals surface area contributed by atoms with Crippen LogP contribution in [0.1, 0.15) is 35.2 Å². The van der Waals surface area contributed by atoms with Crippen LogP contribution in [0.2, 0.25) is 0 Å². The second-order valence-electron chi connectivity index (χ2n) is 2.64. The Kier molecular flexibility index (Phi) is 2.84. The molecule has 1 aromatic heterocycles. The highest BCUT2D eigenvalue weighted by molar-refractivity contribution is 6.01. The van der Waals surface area contributed by atoms with E-state index < -0.39 is 0 Å². The number of carbonyl (C=O) groups is 1. The lowest BCUT2D eigenvalue weighted by atomic mass is 10.1. The summed E-state index contributed by atoms with van der Waals surface area (Å²) in [5, 5.41) is 11.8. The number of rotatable bonds is 3. The highest BCUT2D eigenvalue weighted by Crippen LogP contribution is 2.15. The molecule has 0 aromatic carbocycles. The molecule has 13 heavy (non-hydrogen) atoms. The summed E-state index contributed by atoms with van der Waals surface area (Å²) >= 11 is 0. The minimum atomic E-state index is 0.252. The highest BCUT2D eigenvalue weighted by Gasteiger charge is 2.11.